The number of carbonyl (C=O) groups is 1. The number of halogens is 2. The fraction of sp³-hybridized carbons (Fsp3) is 0.316. The molecule has 0 amide bonds. The minimum Gasteiger partial charge on any atom is -0.376 e. The largest absolute Gasteiger partial charge is 0.376 e. The number of ketones is 1. The Kier molecular flexibility index (Phi) is 6.52. The molecule has 0 bridgehead atoms. The minimum atomic E-state index is 0.0837. The standard InChI is InChI=1S/C19H17BrClN3O2S2/c20-17-8-7-16(28-17)15(25)11-27-19-23-22-18(12-3-5-13(21)6-4-12)24(19)10-14-2-1-9-26-14/h3-8,14H,1-2,9-11H2/t14-/m0/s1. The van der Waals surface area contributed by atoms with Crippen LogP contribution in [0.5, 0.6) is 0 Å². The fourth-order valence-electron chi connectivity index (χ4n) is 3.03. The number of aromatic nitrogens is 3. The molecule has 0 spiro atoms. The predicted octanol–water partition coefficient (Wildman–Crippen LogP) is 5.58. The second-order valence-electron chi connectivity index (χ2n) is 6.37. The van der Waals surface area contributed by atoms with Crippen molar-refractivity contribution in [1.82, 2.24) is 14.8 Å². The van der Waals surface area contributed by atoms with Crippen LogP contribution < -0.4 is 0 Å². The van der Waals surface area contributed by atoms with E-state index in [1.54, 1.807) is 0 Å². The van der Waals surface area contributed by atoms with E-state index in [1.807, 2.05) is 36.4 Å². The van der Waals surface area contributed by atoms with Crippen LogP contribution in [0.25, 0.3) is 11.4 Å². The topological polar surface area (TPSA) is 57.0 Å². The molecule has 0 N–H and O–H groups in total. The van der Waals surface area contributed by atoms with Gasteiger partial charge in [-0.2, -0.15) is 0 Å². The Morgan fingerprint density at radius 2 is 2.11 bits per heavy atom. The van der Waals surface area contributed by atoms with Crippen molar-refractivity contribution in [2.45, 2.75) is 30.6 Å². The lowest BCUT2D eigenvalue weighted by molar-refractivity contribution is 0.0953. The molecule has 146 valence electrons. The van der Waals surface area contributed by atoms with Crippen LogP contribution in [0.1, 0.15) is 22.5 Å². The van der Waals surface area contributed by atoms with Crippen LogP contribution in [-0.4, -0.2) is 39.0 Å². The van der Waals surface area contributed by atoms with Gasteiger partial charge in [-0.3, -0.25) is 9.36 Å². The number of hydrogen-bond acceptors (Lipinski definition) is 6. The highest BCUT2D eigenvalue weighted by Crippen LogP contribution is 2.29. The first kappa shape index (κ1) is 20.1. The van der Waals surface area contributed by atoms with Gasteiger partial charge in [0, 0.05) is 17.2 Å². The van der Waals surface area contributed by atoms with Gasteiger partial charge < -0.3 is 4.74 Å². The van der Waals surface area contributed by atoms with Gasteiger partial charge in [-0.1, -0.05) is 23.4 Å². The Morgan fingerprint density at radius 1 is 1.29 bits per heavy atom. The highest BCUT2D eigenvalue weighted by atomic mass is 79.9. The van der Waals surface area contributed by atoms with Crippen LogP contribution >= 0.6 is 50.6 Å². The van der Waals surface area contributed by atoms with Gasteiger partial charge in [0.05, 0.1) is 27.1 Å². The first-order chi connectivity index (χ1) is 13.6. The highest BCUT2D eigenvalue weighted by molar-refractivity contribution is 9.11. The molecule has 2 aromatic heterocycles. The van der Waals surface area contributed by atoms with Gasteiger partial charge in [0.1, 0.15) is 0 Å². The summed E-state index contributed by atoms with van der Waals surface area (Å²) in [6.07, 6.45) is 2.23. The molecule has 1 atom stereocenters. The van der Waals surface area contributed by atoms with E-state index in [0.717, 1.165) is 44.7 Å². The van der Waals surface area contributed by atoms with Crippen molar-refractivity contribution in [3.63, 3.8) is 0 Å². The lowest BCUT2D eigenvalue weighted by Gasteiger charge is -2.14. The molecule has 0 saturated carbocycles. The van der Waals surface area contributed by atoms with E-state index < -0.39 is 0 Å². The number of rotatable bonds is 7. The summed E-state index contributed by atoms with van der Waals surface area (Å²) in [5.41, 5.74) is 0.940. The number of Topliss-reactive ketones (excluding diaryl/α,β-unsaturated/α-hetero) is 1. The average molecular weight is 499 g/mol. The number of thiophene rings is 1. The number of thioether (sulfide) groups is 1. The van der Waals surface area contributed by atoms with Crippen molar-refractivity contribution < 1.29 is 9.53 Å². The van der Waals surface area contributed by atoms with E-state index >= 15 is 0 Å². The molecule has 1 saturated heterocycles. The zero-order chi connectivity index (χ0) is 19.5. The van der Waals surface area contributed by atoms with Gasteiger partial charge in [-0.15, -0.1) is 21.5 Å². The molecule has 0 unspecified atom stereocenters. The maximum Gasteiger partial charge on any atom is 0.192 e. The zero-order valence-electron chi connectivity index (χ0n) is 14.8. The Labute approximate surface area is 184 Å². The Balaban J connectivity index is 1.56. The van der Waals surface area contributed by atoms with Gasteiger partial charge in [0.2, 0.25) is 0 Å². The van der Waals surface area contributed by atoms with Crippen LogP contribution in [0.3, 0.4) is 0 Å². The van der Waals surface area contributed by atoms with Gasteiger partial charge >= 0.3 is 0 Å². The molecular formula is C19H17BrClN3O2S2. The predicted molar refractivity (Wildman–Crippen MR) is 117 cm³/mol. The Morgan fingerprint density at radius 3 is 2.79 bits per heavy atom. The summed E-state index contributed by atoms with van der Waals surface area (Å²) in [6.45, 7) is 1.46. The Bertz CT molecular complexity index is 968. The average Bonchev–Trinajstić information content (AvgIpc) is 3.43. The van der Waals surface area contributed by atoms with Crippen LogP contribution in [0.2, 0.25) is 5.02 Å². The van der Waals surface area contributed by atoms with Crippen molar-refractivity contribution in [3.8, 4) is 11.4 Å². The molecular weight excluding hydrogens is 482 g/mol. The number of benzene rings is 1. The Hall–Kier alpha value is -1.19. The van der Waals surface area contributed by atoms with Crippen LogP contribution in [0, 0.1) is 0 Å². The number of hydrogen-bond donors (Lipinski definition) is 0. The zero-order valence-corrected chi connectivity index (χ0v) is 18.8. The van der Waals surface area contributed by atoms with Crippen molar-refractivity contribution in [2.24, 2.45) is 0 Å². The second-order valence-corrected chi connectivity index (χ2v) is 10.2. The molecule has 0 radical (unpaired) electrons. The highest BCUT2D eigenvalue weighted by Gasteiger charge is 2.22. The van der Waals surface area contributed by atoms with Gasteiger partial charge in [-0.05, 0) is 65.2 Å². The summed E-state index contributed by atoms with van der Waals surface area (Å²) in [4.78, 5) is 13.2. The monoisotopic (exact) mass is 497 g/mol. The third kappa shape index (κ3) is 4.68. The van der Waals surface area contributed by atoms with Crippen LogP contribution in [0.15, 0.2) is 45.3 Å². The first-order valence-electron chi connectivity index (χ1n) is 8.82. The third-order valence-corrected chi connectivity index (χ3v) is 7.29. The van der Waals surface area contributed by atoms with Crippen molar-refractivity contribution >= 4 is 56.4 Å². The maximum absolute atomic E-state index is 12.5. The summed E-state index contributed by atoms with van der Waals surface area (Å²) < 4.78 is 8.82. The molecule has 5 nitrogen and oxygen atoms in total. The number of nitrogens with zero attached hydrogens (tertiary/aromatic N) is 3. The lowest BCUT2D eigenvalue weighted by Crippen LogP contribution is -2.17. The van der Waals surface area contributed by atoms with E-state index in [4.69, 9.17) is 16.3 Å². The second kappa shape index (κ2) is 9.09. The quantitative estimate of drug-likeness (QED) is 0.314. The number of ether oxygens (including phenoxy) is 1. The van der Waals surface area contributed by atoms with Crippen LogP contribution in [-0.2, 0) is 11.3 Å². The normalized spacial score (nSPS) is 16.6. The summed E-state index contributed by atoms with van der Waals surface area (Å²) in [6, 6.07) is 11.3. The lowest BCUT2D eigenvalue weighted by atomic mass is 10.2. The van der Waals surface area contributed by atoms with Crippen molar-refractivity contribution in [2.75, 3.05) is 12.4 Å². The molecule has 1 aromatic carbocycles. The first-order valence-corrected chi connectivity index (χ1v) is 11.8. The molecule has 0 aliphatic carbocycles. The SMILES string of the molecule is O=C(CSc1nnc(-c2ccc(Cl)cc2)n1C[C@@H]1CCCO1)c1ccc(Br)s1. The summed E-state index contributed by atoms with van der Waals surface area (Å²) >= 11 is 12.3. The summed E-state index contributed by atoms with van der Waals surface area (Å²) in [5, 5.41) is 10.2. The van der Waals surface area contributed by atoms with E-state index in [2.05, 4.69) is 30.7 Å². The molecule has 4 rings (SSSR count). The molecule has 1 aliphatic rings. The van der Waals surface area contributed by atoms with Gasteiger partial charge in [-0.25, -0.2) is 0 Å². The van der Waals surface area contributed by atoms with Crippen molar-refractivity contribution in [3.05, 3.63) is 50.1 Å². The smallest absolute Gasteiger partial charge is 0.192 e. The number of carbonyl (C=O) groups excluding carboxylic acids is 1. The van der Waals surface area contributed by atoms with Gasteiger partial charge in [0.15, 0.2) is 16.8 Å². The molecule has 3 heterocycles. The maximum atomic E-state index is 12.5. The summed E-state index contributed by atoms with van der Waals surface area (Å²) in [5.74, 6) is 1.17. The molecule has 3 aromatic rings. The van der Waals surface area contributed by atoms with E-state index in [0.29, 0.717) is 17.3 Å². The fourth-order valence-corrected chi connectivity index (χ4v) is 5.40. The minimum absolute atomic E-state index is 0.0837. The van der Waals surface area contributed by atoms with E-state index in [9.17, 15) is 4.79 Å². The van der Waals surface area contributed by atoms with E-state index in [-0.39, 0.29) is 11.9 Å². The van der Waals surface area contributed by atoms with Crippen molar-refractivity contribution in [1.29, 1.82) is 0 Å². The van der Waals surface area contributed by atoms with E-state index in [1.165, 1.54) is 23.1 Å². The molecule has 28 heavy (non-hydrogen) atoms. The molecule has 9 heteroatoms. The molecule has 1 aliphatic heterocycles. The summed E-state index contributed by atoms with van der Waals surface area (Å²) in [7, 11) is 0. The molecule has 1 fully saturated rings. The van der Waals surface area contributed by atoms with Crippen LogP contribution in [0.4, 0.5) is 0 Å². The third-order valence-electron chi connectivity index (χ3n) is 4.41. The van der Waals surface area contributed by atoms with Gasteiger partial charge in [0.25, 0.3) is 0 Å².